The van der Waals surface area contributed by atoms with E-state index in [1.54, 1.807) is 0 Å². The number of nitrogens with zero attached hydrogens (tertiary/aromatic N) is 3. The predicted octanol–water partition coefficient (Wildman–Crippen LogP) is 1.45. The number of aliphatic hydroxyl groups is 1. The minimum Gasteiger partial charge on any atom is -0.394 e. The number of aliphatic hydroxyl groups excluding tert-OH is 1. The van der Waals surface area contributed by atoms with Gasteiger partial charge in [0.05, 0.1) is 12.6 Å². The Bertz CT molecular complexity index is 361. The molecule has 0 fully saturated rings. The lowest BCUT2D eigenvalue weighted by Gasteiger charge is -2.24. The molecule has 0 aliphatic heterocycles. The lowest BCUT2D eigenvalue weighted by Crippen LogP contribution is -2.32. The van der Waals surface area contributed by atoms with Gasteiger partial charge in [0.15, 0.2) is 5.16 Å². The summed E-state index contributed by atoms with van der Waals surface area (Å²) in [6.07, 6.45) is 1.95. The Morgan fingerprint density at radius 1 is 1.53 bits per heavy atom. The normalized spacial score (nSPS) is 12.3. The summed E-state index contributed by atoms with van der Waals surface area (Å²) in [5, 5.41) is 13.1. The molecule has 1 atom stereocenters. The highest BCUT2D eigenvalue weighted by atomic mass is 32.2. The van der Waals surface area contributed by atoms with Crippen molar-refractivity contribution in [2.45, 2.75) is 25.0 Å². The van der Waals surface area contributed by atoms with Gasteiger partial charge >= 0.3 is 0 Å². The molecule has 17 heavy (non-hydrogen) atoms. The van der Waals surface area contributed by atoms with Crippen molar-refractivity contribution >= 4 is 23.4 Å². The summed E-state index contributed by atoms with van der Waals surface area (Å²) in [6.45, 7) is 4.91. The van der Waals surface area contributed by atoms with Crippen molar-refractivity contribution in [1.82, 2.24) is 9.97 Å². The van der Waals surface area contributed by atoms with Gasteiger partial charge < -0.3 is 15.3 Å². The van der Waals surface area contributed by atoms with Crippen LogP contribution >= 0.6 is 11.8 Å². The van der Waals surface area contributed by atoms with Crippen LogP contribution in [0.25, 0.3) is 0 Å². The molecule has 0 amide bonds. The number of hydrogen-bond donors (Lipinski definition) is 2. The van der Waals surface area contributed by atoms with Crippen LogP contribution in [-0.4, -0.2) is 47.6 Å². The zero-order chi connectivity index (χ0) is 12.8. The van der Waals surface area contributed by atoms with E-state index >= 15 is 0 Å². The van der Waals surface area contributed by atoms with Crippen LogP contribution in [0.5, 0.6) is 0 Å². The van der Waals surface area contributed by atoms with Crippen LogP contribution in [0.1, 0.15) is 13.8 Å². The Balaban J connectivity index is 3.01. The zero-order valence-electron chi connectivity index (χ0n) is 10.8. The highest BCUT2D eigenvalue weighted by molar-refractivity contribution is 7.98. The smallest absolute Gasteiger partial charge is 0.191 e. The zero-order valence-corrected chi connectivity index (χ0v) is 11.6. The van der Waals surface area contributed by atoms with Crippen LogP contribution < -0.4 is 10.2 Å². The number of thioether (sulfide) groups is 1. The molecule has 0 spiro atoms. The largest absolute Gasteiger partial charge is 0.394 e. The van der Waals surface area contributed by atoms with Crippen LogP contribution in [0.2, 0.25) is 0 Å². The number of anilines is 2. The summed E-state index contributed by atoms with van der Waals surface area (Å²) in [5.41, 5.74) is 0. The summed E-state index contributed by atoms with van der Waals surface area (Å²) in [5.74, 6) is 1.64. The van der Waals surface area contributed by atoms with E-state index in [0.29, 0.717) is 0 Å². The van der Waals surface area contributed by atoms with E-state index in [0.717, 1.165) is 23.3 Å². The second-order valence-electron chi connectivity index (χ2n) is 3.77. The van der Waals surface area contributed by atoms with Crippen molar-refractivity contribution in [2.75, 3.05) is 36.7 Å². The molecule has 0 aromatic carbocycles. The van der Waals surface area contributed by atoms with Crippen LogP contribution in [0.15, 0.2) is 11.2 Å². The molecule has 2 N–H and O–H groups in total. The van der Waals surface area contributed by atoms with Crippen molar-refractivity contribution in [1.29, 1.82) is 0 Å². The lowest BCUT2D eigenvalue weighted by atomic mass is 10.3. The molecule has 0 saturated carbocycles. The molecule has 0 aliphatic rings. The number of nitrogens with one attached hydrogen (secondary N) is 1. The molecule has 1 aromatic rings. The van der Waals surface area contributed by atoms with Crippen molar-refractivity contribution in [3.63, 3.8) is 0 Å². The maximum absolute atomic E-state index is 9.16. The summed E-state index contributed by atoms with van der Waals surface area (Å²) in [4.78, 5) is 10.7. The van der Waals surface area contributed by atoms with Gasteiger partial charge in [-0.15, -0.1) is 0 Å². The van der Waals surface area contributed by atoms with Crippen molar-refractivity contribution in [2.24, 2.45) is 0 Å². The molecule has 1 unspecified atom stereocenters. The molecular weight excluding hydrogens is 236 g/mol. The van der Waals surface area contributed by atoms with E-state index in [-0.39, 0.29) is 12.6 Å². The van der Waals surface area contributed by atoms with E-state index in [4.69, 9.17) is 5.11 Å². The summed E-state index contributed by atoms with van der Waals surface area (Å²) < 4.78 is 0. The maximum Gasteiger partial charge on any atom is 0.191 e. The monoisotopic (exact) mass is 256 g/mol. The molecule has 1 heterocycles. The van der Waals surface area contributed by atoms with Gasteiger partial charge in [-0.1, -0.05) is 11.8 Å². The van der Waals surface area contributed by atoms with Gasteiger partial charge in [0.25, 0.3) is 0 Å². The molecule has 96 valence electrons. The molecule has 1 rings (SSSR count). The molecule has 0 aliphatic carbocycles. The second-order valence-corrected chi connectivity index (χ2v) is 4.54. The number of rotatable bonds is 6. The highest BCUT2D eigenvalue weighted by Crippen LogP contribution is 2.20. The lowest BCUT2D eigenvalue weighted by molar-refractivity contribution is 0.269. The fourth-order valence-electron chi connectivity index (χ4n) is 1.30. The third-order valence-corrected chi connectivity index (χ3v) is 3.07. The van der Waals surface area contributed by atoms with Gasteiger partial charge in [-0.2, -0.15) is 0 Å². The fraction of sp³-hybridized carbons (Fsp3) is 0.636. The first-order valence-corrected chi connectivity index (χ1v) is 6.85. The Morgan fingerprint density at radius 2 is 2.24 bits per heavy atom. The van der Waals surface area contributed by atoms with Gasteiger partial charge in [-0.3, -0.25) is 0 Å². The Labute approximate surface area is 107 Å². The molecular formula is C11H20N4OS. The van der Waals surface area contributed by atoms with Crippen molar-refractivity contribution in [3.05, 3.63) is 6.07 Å². The molecule has 0 radical (unpaired) electrons. The first kappa shape index (κ1) is 14.1. The standard InChI is InChI=1S/C11H20N4OS/c1-5-12-9-6-10(14-11(13-9)17-4)15(3)8(2)7-16/h6,8,16H,5,7H2,1-4H3,(H,12,13,14). The first-order chi connectivity index (χ1) is 8.12. The molecule has 0 saturated heterocycles. The molecule has 0 bridgehead atoms. The van der Waals surface area contributed by atoms with Crippen LogP contribution in [-0.2, 0) is 0 Å². The first-order valence-electron chi connectivity index (χ1n) is 5.63. The highest BCUT2D eigenvalue weighted by Gasteiger charge is 2.12. The molecule has 6 heteroatoms. The average Bonchev–Trinajstić information content (AvgIpc) is 2.36. The quantitative estimate of drug-likeness (QED) is 0.593. The Hall–Kier alpha value is -1.01. The van der Waals surface area contributed by atoms with Crippen LogP contribution in [0, 0.1) is 0 Å². The van der Waals surface area contributed by atoms with Crippen LogP contribution in [0.4, 0.5) is 11.6 Å². The van der Waals surface area contributed by atoms with Gasteiger partial charge in [-0.25, -0.2) is 9.97 Å². The Morgan fingerprint density at radius 3 is 2.76 bits per heavy atom. The topological polar surface area (TPSA) is 61.3 Å². The third-order valence-electron chi connectivity index (χ3n) is 2.52. The Kier molecular flexibility index (Phi) is 5.50. The second kappa shape index (κ2) is 6.66. The minimum atomic E-state index is 0.0362. The average molecular weight is 256 g/mol. The van der Waals surface area contributed by atoms with Crippen molar-refractivity contribution in [3.8, 4) is 0 Å². The molecule has 1 aromatic heterocycles. The van der Waals surface area contributed by atoms with Gasteiger partial charge in [0, 0.05) is 19.7 Å². The number of hydrogen-bond acceptors (Lipinski definition) is 6. The van der Waals surface area contributed by atoms with Crippen molar-refractivity contribution < 1.29 is 5.11 Å². The van der Waals surface area contributed by atoms with E-state index in [1.165, 1.54) is 11.8 Å². The molecule has 5 nitrogen and oxygen atoms in total. The summed E-state index contributed by atoms with van der Waals surface area (Å²) >= 11 is 1.51. The fourth-order valence-corrected chi connectivity index (χ4v) is 1.68. The SMILES string of the molecule is CCNc1cc(N(C)C(C)CO)nc(SC)n1. The summed E-state index contributed by atoms with van der Waals surface area (Å²) in [7, 11) is 1.92. The van der Waals surface area contributed by atoms with Crippen LogP contribution in [0.3, 0.4) is 0 Å². The minimum absolute atomic E-state index is 0.0362. The maximum atomic E-state index is 9.16. The van der Waals surface area contributed by atoms with Gasteiger partial charge in [0.2, 0.25) is 0 Å². The summed E-state index contributed by atoms with van der Waals surface area (Å²) in [6, 6.07) is 1.93. The van der Waals surface area contributed by atoms with E-state index in [2.05, 4.69) is 15.3 Å². The van der Waals surface area contributed by atoms with Gasteiger partial charge in [-0.05, 0) is 20.1 Å². The number of likely N-dealkylation sites (N-methyl/N-ethyl adjacent to an activating group) is 1. The number of aromatic nitrogens is 2. The van der Waals surface area contributed by atoms with Gasteiger partial charge in [0.1, 0.15) is 11.6 Å². The van der Waals surface area contributed by atoms with E-state index < -0.39 is 0 Å². The van der Waals surface area contributed by atoms with E-state index in [9.17, 15) is 0 Å². The third kappa shape index (κ3) is 3.74. The van der Waals surface area contributed by atoms with E-state index in [1.807, 2.05) is 38.1 Å². The predicted molar refractivity (Wildman–Crippen MR) is 72.9 cm³/mol.